The Morgan fingerprint density at radius 2 is 1.43 bits per heavy atom. The molecule has 9 heteroatoms. The summed E-state index contributed by atoms with van der Waals surface area (Å²) in [6.07, 6.45) is -5.94. The first-order valence-corrected chi connectivity index (χ1v) is 4.92. The molecule has 0 heterocycles. The Hall–Kier alpha value is -0.440. The van der Waals surface area contributed by atoms with Crippen molar-refractivity contribution in [2.24, 2.45) is 0 Å². The average Bonchev–Trinajstić information content (AvgIpc) is 1.80. The number of hydrogen-bond acceptors (Lipinski definition) is 2. The lowest BCUT2D eigenvalue weighted by Crippen LogP contribution is -2.53. The second-order valence-corrected chi connectivity index (χ2v) is 5.00. The molecule has 3 nitrogen and oxygen atoms in total. The Bertz CT molecular complexity index is 294. The minimum absolute atomic E-state index is 0.286. The zero-order valence-corrected chi connectivity index (χ0v) is 8.01. The Kier molecular flexibility index (Phi) is 3.50. The van der Waals surface area contributed by atoms with Crippen LogP contribution in [-0.2, 0) is 10.0 Å². The molecule has 0 radical (unpaired) electrons. The standard InChI is InChI=1S/C5H8F5NO2S/c1-3(2)14(12,13)11-5(9,10)4(6,7)8/h3,11H,1-2H3. The van der Waals surface area contributed by atoms with Gasteiger partial charge in [0, 0.05) is 0 Å². The van der Waals surface area contributed by atoms with Crippen LogP contribution in [0, 0.1) is 0 Å². The van der Waals surface area contributed by atoms with Crippen molar-refractivity contribution in [3.05, 3.63) is 0 Å². The predicted molar refractivity (Wildman–Crippen MR) is 38.2 cm³/mol. The maximum Gasteiger partial charge on any atom is 0.470 e. The van der Waals surface area contributed by atoms with E-state index in [-0.39, 0.29) is 4.72 Å². The van der Waals surface area contributed by atoms with Gasteiger partial charge in [0.15, 0.2) is 0 Å². The van der Waals surface area contributed by atoms with Gasteiger partial charge in [0.2, 0.25) is 10.0 Å². The molecule has 0 aliphatic heterocycles. The van der Waals surface area contributed by atoms with Gasteiger partial charge in [-0.3, -0.25) is 0 Å². The fourth-order valence-corrected chi connectivity index (χ4v) is 1.06. The van der Waals surface area contributed by atoms with E-state index in [1.165, 1.54) is 0 Å². The maximum absolute atomic E-state index is 12.2. The molecule has 0 aromatic heterocycles. The van der Waals surface area contributed by atoms with Crippen molar-refractivity contribution in [2.45, 2.75) is 31.3 Å². The summed E-state index contributed by atoms with van der Waals surface area (Å²) in [5, 5.41) is -1.37. The summed E-state index contributed by atoms with van der Waals surface area (Å²) in [6, 6.07) is -5.43. The second-order valence-electron chi connectivity index (χ2n) is 2.77. The third-order valence-electron chi connectivity index (χ3n) is 1.25. The largest absolute Gasteiger partial charge is 0.470 e. The highest BCUT2D eigenvalue weighted by molar-refractivity contribution is 7.90. The summed E-state index contributed by atoms with van der Waals surface area (Å²) in [4.78, 5) is 0. The fraction of sp³-hybridized carbons (Fsp3) is 1.00. The molecule has 0 spiro atoms. The number of rotatable bonds is 3. The van der Waals surface area contributed by atoms with Crippen molar-refractivity contribution in [3.63, 3.8) is 0 Å². The van der Waals surface area contributed by atoms with Crippen LogP contribution in [0.25, 0.3) is 0 Å². The van der Waals surface area contributed by atoms with Crippen molar-refractivity contribution in [1.82, 2.24) is 4.72 Å². The van der Waals surface area contributed by atoms with Gasteiger partial charge >= 0.3 is 12.2 Å². The Morgan fingerprint density at radius 3 is 1.64 bits per heavy atom. The molecule has 0 aromatic rings. The van der Waals surface area contributed by atoms with E-state index in [9.17, 15) is 30.4 Å². The summed E-state index contributed by atoms with van der Waals surface area (Å²) in [7, 11) is -4.66. The van der Waals surface area contributed by atoms with Gasteiger partial charge in [-0.2, -0.15) is 22.0 Å². The van der Waals surface area contributed by atoms with Gasteiger partial charge in [-0.15, -0.1) is 4.72 Å². The minimum atomic E-state index is -5.94. The molecule has 0 aliphatic carbocycles. The molecule has 86 valence electrons. The molecule has 0 fully saturated rings. The fourth-order valence-electron chi connectivity index (χ4n) is 0.354. The minimum Gasteiger partial charge on any atom is -0.212 e. The monoisotopic (exact) mass is 241 g/mol. The second kappa shape index (κ2) is 3.61. The van der Waals surface area contributed by atoms with E-state index >= 15 is 0 Å². The molecular weight excluding hydrogens is 233 g/mol. The van der Waals surface area contributed by atoms with E-state index in [0.29, 0.717) is 0 Å². The molecule has 0 atom stereocenters. The molecule has 0 aliphatic rings. The van der Waals surface area contributed by atoms with Gasteiger partial charge in [-0.1, -0.05) is 0 Å². The number of alkyl halides is 5. The zero-order chi connectivity index (χ0) is 11.8. The summed E-state index contributed by atoms with van der Waals surface area (Å²) in [5.41, 5.74) is 0. The highest BCUT2D eigenvalue weighted by Gasteiger charge is 2.60. The van der Waals surface area contributed by atoms with E-state index in [0.717, 1.165) is 13.8 Å². The summed E-state index contributed by atoms with van der Waals surface area (Å²) in [5.74, 6) is 0. The third-order valence-corrected chi connectivity index (χ3v) is 3.03. The van der Waals surface area contributed by atoms with Gasteiger partial charge < -0.3 is 0 Å². The lowest BCUT2D eigenvalue weighted by Gasteiger charge is -2.21. The van der Waals surface area contributed by atoms with Crippen molar-refractivity contribution >= 4 is 10.0 Å². The summed E-state index contributed by atoms with van der Waals surface area (Å²) in [6.45, 7) is 1.96. The number of nitrogens with one attached hydrogen (secondary N) is 1. The normalized spacial score (nSPS) is 14.9. The number of sulfonamides is 1. The van der Waals surface area contributed by atoms with Gasteiger partial charge in [0.25, 0.3) is 0 Å². The molecule has 0 amide bonds. The SMILES string of the molecule is CC(C)S(=O)(=O)NC(F)(F)C(F)(F)F. The molecule has 14 heavy (non-hydrogen) atoms. The van der Waals surface area contributed by atoms with Crippen LogP contribution in [0.1, 0.15) is 13.8 Å². The molecule has 0 saturated heterocycles. The quantitative estimate of drug-likeness (QED) is 0.600. The lowest BCUT2D eigenvalue weighted by molar-refractivity contribution is -0.286. The van der Waals surface area contributed by atoms with Crippen LogP contribution in [0.15, 0.2) is 0 Å². The average molecular weight is 241 g/mol. The molecule has 0 rings (SSSR count). The first-order chi connectivity index (χ1) is 5.90. The van der Waals surface area contributed by atoms with Crippen LogP contribution in [0.5, 0.6) is 0 Å². The van der Waals surface area contributed by atoms with E-state index in [2.05, 4.69) is 0 Å². The lowest BCUT2D eigenvalue weighted by atomic mass is 10.6. The van der Waals surface area contributed by atoms with Crippen LogP contribution < -0.4 is 4.72 Å². The summed E-state index contributed by atoms with van der Waals surface area (Å²) >= 11 is 0. The van der Waals surface area contributed by atoms with E-state index < -0.39 is 27.5 Å². The molecule has 0 bridgehead atoms. The van der Waals surface area contributed by atoms with Crippen molar-refractivity contribution in [3.8, 4) is 0 Å². The van der Waals surface area contributed by atoms with Gasteiger partial charge in [0.05, 0.1) is 5.25 Å². The Balaban J connectivity index is 4.87. The first kappa shape index (κ1) is 13.6. The van der Waals surface area contributed by atoms with Gasteiger partial charge in [-0.05, 0) is 13.8 Å². The van der Waals surface area contributed by atoms with E-state index in [1.807, 2.05) is 0 Å². The zero-order valence-electron chi connectivity index (χ0n) is 7.19. The smallest absolute Gasteiger partial charge is 0.212 e. The number of hydrogen-bond donors (Lipinski definition) is 1. The summed E-state index contributed by atoms with van der Waals surface area (Å²) < 4.78 is 80.7. The van der Waals surface area contributed by atoms with Crippen LogP contribution >= 0.6 is 0 Å². The molecular formula is C5H8F5NO2S. The number of halogens is 5. The maximum atomic E-state index is 12.2. The molecule has 0 unspecified atom stereocenters. The van der Waals surface area contributed by atoms with Gasteiger partial charge in [0.1, 0.15) is 0 Å². The van der Waals surface area contributed by atoms with Crippen LogP contribution in [-0.4, -0.2) is 25.9 Å². The highest BCUT2D eigenvalue weighted by atomic mass is 32.2. The third kappa shape index (κ3) is 3.05. The van der Waals surface area contributed by atoms with Crippen LogP contribution in [0.4, 0.5) is 22.0 Å². The van der Waals surface area contributed by atoms with Crippen LogP contribution in [0.3, 0.4) is 0 Å². The Labute approximate surface area is 77.3 Å². The topological polar surface area (TPSA) is 46.2 Å². The molecule has 0 aromatic carbocycles. The molecule has 0 saturated carbocycles. The van der Waals surface area contributed by atoms with Gasteiger partial charge in [-0.25, -0.2) is 8.42 Å². The molecule has 1 N–H and O–H groups in total. The Morgan fingerprint density at radius 1 is 1.07 bits per heavy atom. The van der Waals surface area contributed by atoms with Crippen molar-refractivity contribution < 1.29 is 30.4 Å². The van der Waals surface area contributed by atoms with Crippen molar-refractivity contribution in [2.75, 3.05) is 0 Å². The van der Waals surface area contributed by atoms with Crippen LogP contribution in [0.2, 0.25) is 0 Å². The highest BCUT2D eigenvalue weighted by Crippen LogP contribution is 2.33. The van der Waals surface area contributed by atoms with E-state index in [1.54, 1.807) is 0 Å². The van der Waals surface area contributed by atoms with E-state index in [4.69, 9.17) is 0 Å². The predicted octanol–water partition coefficient (Wildman–Crippen LogP) is 1.47. The first-order valence-electron chi connectivity index (χ1n) is 3.37. The van der Waals surface area contributed by atoms with Crippen molar-refractivity contribution in [1.29, 1.82) is 0 Å².